The fraction of sp³-hybridized carbons (Fsp3) is 0.583. The van der Waals surface area contributed by atoms with Gasteiger partial charge in [0.2, 0.25) is 11.1 Å². The second-order valence-electron chi connectivity index (χ2n) is 4.92. The zero-order valence-corrected chi connectivity index (χ0v) is 11.4. The van der Waals surface area contributed by atoms with Crippen molar-refractivity contribution in [3.05, 3.63) is 11.3 Å². The number of hydrogen-bond acceptors (Lipinski definition) is 5. The minimum atomic E-state index is 0.212. The van der Waals surface area contributed by atoms with Gasteiger partial charge in [-0.15, -0.1) is 5.10 Å². The Morgan fingerprint density at radius 2 is 2.22 bits per heavy atom. The van der Waals surface area contributed by atoms with Crippen molar-refractivity contribution >= 4 is 23.5 Å². The second kappa shape index (κ2) is 4.42. The number of nitrogens with zero attached hydrogens (tertiary/aromatic N) is 3. The van der Waals surface area contributed by atoms with E-state index in [1.165, 1.54) is 5.57 Å². The maximum Gasteiger partial charge on any atom is 0.227 e. The van der Waals surface area contributed by atoms with Crippen molar-refractivity contribution in [2.45, 2.75) is 50.1 Å². The average Bonchev–Trinajstić information content (AvgIpc) is 2.67. The van der Waals surface area contributed by atoms with Gasteiger partial charge in [0.25, 0.3) is 0 Å². The standard InChI is InChI=1S/C12H16N4OS/c1-7(2)18-12-14-11-13-10-8(6-16(11)15-12)4-3-5-9(10)17/h7H,3-6H2,1-2H3,(H,13,14,15). The Labute approximate surface area is 110 Å². The van der Waals surface area contributed by atoms with E-state index in [1.807, 2.05) is 4.68 Å². The molecule has 2 heterocycles. The van der Waals surface area contributed by atoms with Crippen molar-refractivity contribution in [1.82, 2.24) is 14.8 Å². The van der Waals surface area contributed by atoms with Gasteiger partial charge in [0.15, 0.2) is 5.78 Å². The summed E-state index contributed by atoms with van der Waals surface area (Å²) < 4.78 is 1.86. The van der Waals surface area contributed by atoms with Crippen LogP contribution < -0.4 is 5.32 Å². The summed E-state index contributed by atoms with van der Waals surface area (Å²) in [5.74, 6) is 0.913. The number of hydrogen-bond donors (Lipinski definition) is 1. The molecule has 1 aromatic heterocycles. The van der Waals surface area contributed by atoms with E-state index in [4.69, 9.17) is 0 Å². The summed E-state index contributed by atoms with van der Waals surface area (Å²) >= 11 is 1.64. The highest BCUT2D eigenvalue weighted by molar-refractivity contribution is 7.99. The molecule has 6 heteroatoms. The summed E-state index contributed by atoms with van der Waals surface area (Å²) in [4.78, 5) is 16.3. The average molecular weight is 264 g/mol. The Morgan fingerprint density at radius 3 is 3.00 bits per heavy atom. The molecule has 96 valence electrons. The lowest BCUT2D eigenvalue weighted by Crippen LogP contribution is -2.26. The summed E-state index contributed by atoms with van der Waals surface area (Å²) in [7, 11) is 0. The van der Waals surface area contributed by atoms with Crippen LogP contribution in [0.25, 0.3) is 0 Å². The number of nitrogens with one attached hydrogen (secondary N) is 1. The number of allylic oxidation sites excluding steroid dienone is 2. The van der Waals surface area contributed by atoms with Crippen molar-refractivity contribution in [1.29, 1.82) is 0 Å². The lowest BCUT2D eigenvalue weighted by Gasteiger charge is -2.24. The van der Waals surface area contributed by atoms with Crippen LogP contribution >= 0.6 is 11.8 Å². The molecular weight excluding hydrogens is 248 g/mol. The Kier molecular flexibility index (Phi) is 2.89. The summed E-state index contributed by atoms with van der Waals surface area (Å²) in [6.45, 7) is 4.94. The first-order valence-corrected chi connectivity index (χ1v) is 7.15. The monoisotopic (exact) mass is 264 g/mol. The van der Waals surface area contributed by atoms with Crippen molar-refractivity contribution in [3.8, 4) is 0 Å². The number of aromatic nitrogens is 3. The first kappa shape index (κ1) is 11.8. The highest BCUT2D eigenvalue weighted by atomic mass is 32.2. The molecule has 0 unspecified atom stereocenters. The van der Waals surface area contributed by atoms with Crippen LogP contribution in [0.4, 0.5) is 5.95 Å². The number of Topliss-reactive ketones (excluding diaryl/α,β-unsaturated/α-hetero) is 1. The number of fused-ring (bicyclic) bond motifs is 1. The van der Waals surface area contributed by atoms with E-state index in [1.54, 1.807) is 11.8 Å². The number of carbonyl (C=O) groups is 1. The first-order chi connectivity index (χ1) is 8.63. The van der Waals surface area contributed by atoms with Crippen LogP contribution in [0, 0.1) is 0 Å². The fourth-order valence-electron chi connectivity index (χ4n) is 2.30. The van der Waals surface area contributed by atoms with Gasteiger partial charge in [-0.05, 0) is 18.4 Å². The minimum absolute atomic E-state index is 0.212. The van der Waals surface area contributed by atoms with E-state index in [9.17, 15) is 4.79 Å². The lowest BCUT2D eigenvalue weighted by molar-refractivity contribution is -0.116. The quantitative estimate of drug-likeness (QED) is 0.830. The van der Waals surface area contributed by atoms with E-state index >= 15 is 0 Å². The Bertz CT molecular complexity index is 532. The minimum Gasteiger partial charge on any atom is -0.321 e. The van der Waals surface area contributed by atoms with E-state index in [2.05, 4.69) is 29.2 Å². The molecule has 0 aromatic carbocycles. The molecule has 2 aliphatic rings. The molecule has 0 bridgehead atoms. The summed E-state index contributed by atoms with van der Waals surface area (Å²) in [6, 6.07) is 0. The topological polar surface area (TPSA) is 59.8 Å². The van der Waals surface area contributed by atoms with Gasteiger partial charge in [-0.1, -0.05) is 25.6 Å². The fourth-order valence-corrected chi connectivity index (χ4v) is 3.01. The van der Waals surface area contributed by atoms with Gasteiger partial charge in [0, 0.05) is 11.7 Å². The van der Waals surface area contributed by atoms with Crippen LogP contribution in [0.15, 0.2) is 16.4 Å². The van der Waals surface area contributed by atoms with Crippen LogP contribution in [0.2, 0.25) is 0 Å². The Hall–Kier alpha value is -1.30. The maximum absolute atomic E-state index is 11.8. The van der Waals surface area contributed by atoms with Crippen LogP contribution in [0.5, 0.6) is 0 Å². The van der Waals surface area contributed by atoms with Gasteiger partial charge in [-0.3, -0.25) is 4.79 Å². The molecule has 1 N–H and O–H groups in total. The highest BCUT2D eigenvalue weighted by Crippen LogP contribution is 2.30. The van der Waals surface area contributed by atoms with Gasteiger partial charge in [-0.2, -0.15) is 4.98 Å². The van der Waals surface area contributed by atoms with Crippen molar-refractivity contribution < 1.29 is 4.79 Å². The number of anilines is 1. The third-order valence-corrected chi connectivity index (χ3v) is 3.94. The van der Waals surface area contributed by atoms with Crippen LogP contribution in [0.1, 0.15) is 33.1 Å². The van der Waals surface area contributed by atoms with Crippen LogP contribution in [0.3, 0.4) is 0 Å². The SMILES string of the molecule is CC(C)Sc1nc2n(n1)CC1=C(N2)C(=O)CCC1. The molecule has 5 nitrogen and oxygen atoms in total. The summed E-state index contributed by atoms with van der Waals surface area (Å²) in [6.07, 6.45) is 2.59. The zero-order valence-electron chi connectivity index (χ0n) is 10.6. The van der Waals surface area contributed by atoms with Gasteiger partial charge in [-0.25, -0.2) is 4.68 Å². The third kappa shape index (κ3) is 2.05. The molecule has 0 spiro atoms. The summed E-state index contributed by atoms with van der Waals surface area (Å²) in [5.41, 5.74) is 1.94. The first-order valence-electron chi connectivity index (χ1n) is 6.27. The molecule has 0 fully saturated rings. The van der Waals surface area contributed by atoms with Crippen LogP contribution in [-0.2, 0) is 11.3 Å². The molecule has 0 amide bonds. The smallest absolute Gasteiger partial charge is 0.227 e. The summed E-state index contributed by atoms with van der Waals surface area (Å²) in [5, 5.41) is 8.85. The number of rotatable bonds is 2. The Morgan fingerprint density at radius 1 is 1.39 bits per heavy atom. The molecule has 0 saturated heterocycles. The van der Waals surface area contributed by atoms with E-state index in [0.29, 0.717) is 24.2 Å². The third-order valence-electron chi connectivity index (χ3n) is 3.09. The molecule has 0 saturated carbocycles. The van der Waals surface area contributed by atoms with Crippen molar-refractivity contribution in [2.24, 2.45) is 0 Å². The molecular formula is C12H16N4OS. The predicted molar refractivity (Wildman–Crippen MR) is 70.5 cm³/mol. The van der Waals surface area contributed by atoms with Crippen molar-refractivity contribution in [2.75, 3.05) is 5.32 Å². The number of thioether (sulfide) groups is 1. The Balaban J connectivity index is 1.87. The maximum atomic E-state index is 11.8. The zero-order chi connectivity index (χ0) is 12.7. The van der Waals surface area contributed by atoms with E-state index < -0.39 is 0 Å². The van der Waals surface area contributed by atoms with Gasteiger partial charge < -0.3 is 5.32 Å². The predicted octanol–water partition coefficient (Wildman–Crippen LogP) is 2.21. The van der Waals surface area contributed by atoms with Gasteiger partial charge in [0.1, 0.15) is 0 Å². The molecule has 1 aromatic rings. The lowest BCUT2D eigenvalue weighted by atomic mass is 9.94. The molecule has 18 heavy (non-hydrogen) atoms. The molecule has 1 aliphatic heterocycles. The number of ketones is 1. The molecule has 3 rings (SSSR count). The second-order valence-corrected chi connectivity index (χ2v) is 6.47. The molecule has 0 radical (unpaired) electrons. The highest BCUT2D eigenvalue weighted by Gasteiger charge is 2.27. The van der Waals surface area contributed by atoms with E-state index in [0.717, 1.165) is 23.7 Å². The van der Waals surface area contributed by atoms with Gasteiger partial charge in [0.05, 0.1) is 12.2 Å². The molecule has 0 atom stereocenters. The van der Waals surface area contributed by atoms with Crippen LogP contribution in [-0.4, -0.2) is 25.8 Å². The largest absolute Gasteiger partial charge is 0.321 e. The van der Waals surface area contributed by atoms with Crippen molar-refractivity contribution in [3.63, 3.8) is 0 Å². The normalized spacial score (nSPS) is 18.7. The van der Waals surface area contributed by atoms with Gasteiger partial charge >= 0.3 is 0 Å². The number of carbonyl (C=O) groups excluding carboxylic acids is 1. The molecule has 1 aliphatic carbocycles. The van der Waals surface area contributed by atoms with E-state index in [-0.39, 0.29) is 5.78 Å².